The molecule has 1 saturated carbocycles. The summed E-state index contributed by atoms with van der Waals surface area (Å²) in [6.45, 7) is 0. The van der Waals surface area contributed by atoms with Gasteiger partial charge in [-0.2, -0.15) is 0 Å². The van der Waals surface area contributed by atoms with E-state index < -0.39 is 5.41 Å². The molecular weight excluding hydrogens is 382 g/mol. The van der Waals surface area contributed by atoms with Gasteiger partial charge in [0.25, 0.3) is 0 Å². The van der Waals surface area contributed by atoms with Gasteiger partial charge < -0.3 is 9.64 Å². The zero-order valence-corrected chi connectivity index (χ0v) is 18.1. The summed E-state index contributed by atoms with van der Waals surface area (Å²) in [4.78, 5) is 16.0. The quantitative estimate of drug-likeness (QED) is 0.512. The van der Waals surface area contributed by atoms with Crippen LogP contribution in [0.5, 0.6) is 0 Å². The molecule has 0 bridgehead atoms. The summed E-state index contributed by atoms with van der Waals surface area (Å²) < 4.78 is 6.26. The number of fused-ring (bicyclic) bond motifs is 1. The number of halogens is 1. The standard InChI is InChI=1S/C25H30ClNO2/c1-27(2)22-9-5-6-10-23(15-22)29-24(28)25(20-11-13-21(26)14-12-20)16-18-7-3-4-8-19(18)17-25/h3-4,7-8,11-14,22-23H,5-6,9-10,15-17H2,1-2H3. The molecule has 0 heterocycles. The van der Waals surface area contributed by atoms with Gasteiger partial charge in [0.15, 0.2) is 0 Å². The van der Waals surface area contributed by atoms with Crippen LogP contribution in [0.1, 0.15) is 48.8 Å². The van der Waals surface area contributed by atoms with Crippen molar-refractivity contribution in [2.24, 2.45) is 0 Å². The minimum absolute atomic E-state index is 0.00899. The fourth-order valence-electron chi connectivity index (χ4n) is 4.98. The molecule has 0 spiro atoms. The van der Waals surface area contributed by atoms with Crippen molar-refractivity contribution in [1.29, 1.82) is 0 Å². The lowest BCUT2D eigenvalue weighted by Gasteiger charge is -2.31. The van der Waals surface area contributed by atoms with Crippen LogP contribution in [0.2, 0.25) is 5.02 Å². The summed E-state index contributed by atoms with van der Waals surface area (Å²) in [6, 6.07) is 16.6. The van der Waals surface area contributed by atoms with E-state index in [-0.39, 0.29) is 12.1 Å². The van der Waals surface area contributed by atoms with Gasteiger partial charge in [-0.3, -0.25) is 4.79 Å². The van der Waals surface area contributed by atoms with Crippen LogP contribution in [0.25, 0.3) is 0 Å². The summed E-state index contributed by atoms with van der Waals surface area (Å²) in [5.74, 6) is -0.0829. The van der Waals surface area contributed by atoms with Gasteiger partial charge in [-0.05, 0) is 81.4 Å². The zero-order chi connectivity index (χ0) is 20.4. The van der Waals surface area contributed by atoms with E-state index in [1.165, 1.54) is 24.0 Å². The van der Waals surface area contributed by atoms with Gasteiger partial charge in [0.1, 0.15) is 11.5 Å². The van der Waals surface area contributed by atoms with Crippen LogP contribution < -0.4 is 0 Å². The number of ether oxygens (including phenoxy) is 1. The van der Waals surface area contributed by atoms with Crippen molar-refractivity contribution in [3.05, 3.63) is 70.2 Å². The van der Waals surface area contributed by atoms with Crippen molar-refractivity contribution in [3.63, 3.8) is 0 Å². The van der Waals surface area contributed by atoms with E-state index in [9.17, 15) is 4.79 Å². The summed E-state index contributed by atoms with van der Waals surface area (Å²) in [7, 11) is 4.25. The number of esters is 1. The summed E-state index contributed by atoms with van der Waals surface area (Å²) >= 11 is 6.13. The maximum Gasteiger partial charge on any atom is 0.317 e. The number of carbonyl (C=O) groups excluding carboxylic acids is 1. The Morgan fingerprint density at radius 3 is 2.24 bits per heavy atom. The molecule has 0 aromatic heterocycles. The van der Waals surface area contributed by atoms with E-state index in [2.05, 4.69) is 43.3 Å². The fraction of sp³-hybridized carbons (Fsp3) is 0.480. The molecule has 29 heavy (non-hydrogen) atoms. The average molecular weight is 412 g/mol. The Bertz CT molecular complexity index is 836. The molecule has 2 aromatic rings. The van der Waals surface area contributed by atoms with Crippen molar-refractivity contribution in [2.75, 3.05) is 14.1 Å². The van der Waals surface area contributed by atoms with Crippen LogP contribution >= 0.6 is 11.6 Å². The molecule has 0 aliphatic heterocycles. The smallest absolute Gasteiger partial charge is 0.317 e. The predicted molar refractivity (Wildman–Crippen MR) is 117 cm³/mol. The first-order valence-electron chi connectivity index (χ1n) is 10.7. The van der Waals surface area contributed by atoms with Gasteiger partial charge in [0.2, 0.25) is 0 Å². The van der Waals surface area contributed by atoms with Crippen LogP contribution in [-0.4, -0.2) is 37.1 Å². The SMILES string of the molecule is CN(C)C1CCCCC(OC(=O)C2(c3ccc(Cl)cc3)Cc3ccccc3C2)C1. The van der Waals surface area contributed by atoms with Crippen molar-refractivity contribution >= 4 is 17.6 Å². The minimum atomic E-state index is -0.659. The van der Waals surface area contributed by atoms with Crippen LogP contribution in [0.4, 0.5) is 0 Å². The van der Waals surface area contributed by atoms with E-state index in [1.54, 1.807) is 0 Å². The molecule has 1 fully saturated rings. The van der Waals surface area contributed by atoms with Crippen molar-refractivity contribution in [1.82, 2.24) is 4.90 Å². The highest BCUT2D eigenvalue weighted by atomic mass is 35.5. The highest BCUT2D eigenvalue weighted by Gasteiger charge is 2.47. The molecule has 3 nitrogen and oxygen atoms in total. The molecule has 2 aliphatic carbocycles. The zero-order valence-electron chi connectivity index (χ0n) is 17.4. The summed E-state index contributed by atoms with van der Waals surface area (Å²) in [6.07, 6.45) is 6.74. The number of nitrogens with zero attached hydrogens (tertiary/aromatic N) is 1. The van der Waals surface area contributed by atoms with E-state index in [0.717, 1.165) is 24.8 Å². The number of hydrogen-bond donors (Lipinski definition) is 0. The van der Waals surface area contributed by atoms with Crippen molar-refractivity contribution in [3.8, 4) is 0 Å². The Morgan fingerprint density at radius 2 is 1.62 bits per heavy atom. The monoisotopic (exact) mass is 411 g/mol. The molecular formula is C25H30ClNO2. The molecule has 2 unspecified atom stereocenters. The number of hydrogen-bond acceptors (Lipinski definition) is 3. The molecule has 0 N–H and O–H groups in total. The third kappa shape index (κ3) is 4.22. The van der Waals surface area contributed by atoms with Crippen LogP contribution in [0, 0.1) is 0 Å². The summed E-state index contributed by atoms with van der Waals surface area (Å²) in [5, 5.41) is 0.686. The van der Waals surface area contributed by atoms with Gasteiger partial charge in [0.05, 0.1) is 0 Å². The highest BCUT2D eigenvalue weighted by Crippen LogP contribution is 2.42. The Morgan fingerprint density at radius 1 is 1.00 bits per heavy atom. The first-order chi connectivity index (χ1) is 14.0. The van der Waals surface area contributed by atoms with Gasteiger partial charge in [-0.15, -0.1) is 0 Å². The largest absolute Gasteiger partial charge is 0.462 e. The second kappa shape index (κ2) is 8.49. The van der Waals surface area contributed by atoms with Crippen LogP contribution in [0.15, 0.2) is 48.5 Å². The van der Waals surface area contributed by atoms with E-state index in [0.29, 0.717) is 23.9 Å². The lowest BCUT2D eigenvalue weighted by molar-refractivity contribution is -0.157. The Labute approximate surface area is 179 Å². The van der Waals surface area contributed by atoms with Gasteiger partial charge in [-0.25, -0.2) is 0 Å². The Balaban J connectivity index is 1.62. The number of benzene rings is 2. The molecule has 0 radical (unpaired) electrons. The Hall–Kier alpha value is -1.84. The van der Waals surface area contributed by atoms with Gasteiger partial charge >= 0.3 is 5.97 Å². The molecule has 4 heteroatoms. The predicted octanol–water partition coefficient (Wildman–Crippen LogP) is 5.18. The molecule has 0 saturated heterocycles. The van der Waals surface area contributed by atoms with E-state index >= 15 is 0 Å². The molecule has 2 atom stereocenters. The number of carbonyl (C=O) groups is 1. The second-order valence-electron chi connectivity index (χ2n) is 8.88. The Kier molecular flexibility index (Phi) is 5.98. The fourth-order valence-corrected chi connectivity index (χ4v) is 5.11. The second-order valence-corrected chi connectivity index (χ2v) is 9.31. The average Bonchev–Trinajstić information content (AvgIpc) is 2.95. The third-order valence-electron chi connectivity index (χ3n) is 6.74. The van der Waals surface area contributed by atoms with Gasteiger partial charge in [-0.1, -0.05) is 54.4 Å². The maximum absolute atomic E-state index is 13.7. The third-order valence-corrected chi connectivity index (χ3v) is 6.99. The molecule has 4 rings (SSSR count). The topological polar surface area (TPSA) is 29.5 Å². The first kappa shape index (κ1) is 20.4. The molecule has 2 aromatic carbocycles. The van der Waals surface area contributed by atoms with Crippen LogP contribution in [-0.2, 0) is 27.8 Å². The van der Waals surface area contributed by atoms with E-state index in [4.69, 9.17) is 16.3 Å². The van der Waals surface area contributed by atoms with Crippen molar-refractivity contribution in [2.45, 2.75) is 62.5 Å². The molecule has 0 amide bonds. The van der Waals surface area contributed by atoms with Crippen molar-refractivity contribution < 1.29 is 9.53 Å². The first-order valence-corrected chi connectivity index (χ1v) is 11.1. The van der Waals surface area contributed by atoms with Gasteiger partial charge in [0, 0.05) is 11.1 Å². The molecule has 154 valence electrons. The normalized spacial score (nSPS) is 23.4. The lowest BCUT2D eigenvalue weighted by atomic mass is 9.77. The summed E-state index contributed by atoms with van der Waals surface area (Å²) in [5.41, 5.74) is 2.83. The lowest BCUT2D eigenvalue weighted by Crippen LogP contribution is -2.41. The minimum Gasteiger partial charge on any atom is -0.462 e. The van der Waals surface area contributed by atoms with Crippen LogP contribution in [0.3, 0.4) is 0 Å². The highest BCUT2D eigenvalue weighted by molar-refractivity contribution is 6.30. The van der Waals surface area contributed by atoms with E-state index in [1.807, 2.05) is 24.3 Å². The maximum atomic E-state index is 13.7. The number of rotatable bonds is 4. The molecule has 2 aliphatic rings.